The lowest BCUT2D eigenvalue weighted by Gasteiger charge is -2.50. The smallest absolute Gasteiger partial charge is 0.310 e. The third kappa shape index (κ3) is 3.13. The predicted molar refractivity (Wildman–Crippen MR) is 100 cm³/mol. The zero-order chi connectivity index (χ0) is 18.7. The number of ether oxygens (including phenoxy) is 1. The van der Waals surface area contributed by atoms with Gasteiger partial charge in [0.1, 0.15) is 6.10 Å². The Morgan fingerprint density at radius 1 is 1.31 bits per heavy atom. The Hall–Kier alpha value is -0.880. The van der Waals surface area contributed by atoms with Crippen LogP contribution in [0.4, 0.5) is 0 Å². The van der Waals surface area contributed by atoms with E-state index in [1.54, 1.807) is 0 Å². The van der Waals surface area contributed by atoms with E-state index >= 15 is 0 Å². The summed E-state index contributed by atoms with van der Waals surface area (Å²) in [5.74, 6) is 0.830. The van der Waals surface area contributed by atoms with Crippen LogP contribution >= 0.6 is 0 Å². The number of hydrogen-bond donors (Lipinski definition) is 1. The summed E-state index contributed by atoms with van der Waals surface area (Å²) >= 11 is 0. The lowest BCUT2D eigenvalue weighted by Crippen LogP contribution is -2.49. The second-order valence-electron chi connectivity index (χ2n) is 9.69. The molecule has 4 aliphatic rings. The Bertz CT molecular complexity index is 732. The van der Waals surface area contributed by atoms with Crippen LogP contribution in [0.2, 0.25) is 0 Å². The summed E-state index contributed by atoms with van der Waals surface area (Å²) in [5, 5.41) is 3.41. The van der Waals surface area contributed by atoms with Crippen LogP contribution in [-0.4, -0.2) is 44.1 Å². The van der Waals surface area contributed by atoms with E-state index in [1.165, 1.54) is 18.4 Å². The molecule has 2 saturated carbocycles. The van der Waals surface area contributed by atoms with Gasteiger partial charge < -0.3 is 10.1 Å². The summed E-state index contributed by atoms with van der Waals surface area (Å²) in [5.41, 5.74) is 1.14. The van der Waals surface area contributed by atoms with Gasteiger partial charge in [0.15, 0.2) is 9.84 Å². The predicted octanol–water partition coefficient (Wildman–Crippen LogP) is 2.47. The maximum atomic E-state index is 12.6. The minimum atomic E-state index is -2.96. The van der Waals surface area contributed by atoms with Gasteiger partial charge in [-0.3, -0.25) is 4.79 Å². The van der Waals surface area contributed by atoms with Gasteiger partial charge in [-0.25, -0.2) is 8.42 Å². The fraction of sp³-hybridized carbons (Fsp3) is 0.850. The van der Waals surface area contributed by atoms with Crippen molar-refractivity contribution < 1.29 is 17.9 Å². The molecule has 0 amide bonds. The molecular weight excluding hydrogens is 350 g/mol. The number of fused-ring (bicyclic) bond motifs is 2. The van der Waals surface area contributed by atoms with Crippen molar-refractivity contribution in [2.45, 2.75) is 64.0 Å². The average Bonchev–Trinajstić information content (AvgIpc) is 2.98. The molecule has 0 aromatic carbocycles. The van der Waals surface area contributed by atoms with Crippen molar-refractivity contribution in [2.75, 3.05) is 18.1 Å². The molecule has 0 radical (unpaired) electrons. The molecule has 2 saturated heterocycles. The summed E-state index contributed by atoms with van der Waals surface area (Å²) < 4.78 is 29.4. The first-order valence-electron chi connectivity index (χ1n) is 9.95. The molecule has 0 aromatic rings. The standard InChI is InChI=1S/C20H31NO4S/c1-13-5-4-6-19(2)10-17-14(9-16(13)19)15(18(22)25-17)11-21-20(3)7-8-26(23,24)12-20/h14-17,21H,1,4-12H2,2-3H3. The molecule has 6 atom stereocenters. The largest absolute Gasteiger partial charge is 0.462 e. The average molecular weight is 382 g/mol. The highest BCUT2D eigenvalue weighted by Gasteiger charge is 2.55. The highest BCUT2D eigenvalue weighted by atomic mass is 32.2. The monoisotopic (exact) mass is 381 g/mol. The van der Waals surface area contributed by atoms with E-state index in [4.69, 9.17) is 4.74 Å². The van der Waals surface area contributed by atoms with Crippen molar-refractivity contribution in [3.63, 3.8) is 0 Å². The molecule has 5 nitrogen and oxygen atoms in total. The van der Waals surface area contributed by atoms with Crippen molar-refractivity contribution in [2.24, 2.45) is 23.2 Å². The number of hydrogen-bond acceptors (Lipinski definition) is 5. The molecule has 6 unspecified atom stereocenters. The van der Waals surface area contributed by atoms with E-state index in [2.05, 4.69) is 18.8 Å². The molecule has 0 aromatic heterocycles. The van der Waals surface area contributed by atoms with Gasteiger partial charge in [-0.05, 0) is 56.8 Å². The Labute approximate surface area is 156 Å². The Balaban J connectivity index is 1.47. The second kappa shape index (κ2) is 6.06. The number of nitrogens with one attached hydrogen (secondary N) is 1. The molecule has 2 aliphatic heterocycles. The molecule has 0 spiro atoms. The van der Waals surface area contributed by atoms with E-state index in [0.29, 0.717) is 18.9 Å². The molecule has 2 heterocycles. The number of rotatable bonds is 3. The van der Waals surface area contributed by atoms with Crippen molar-refractivity contribution in [1.29, 1.82) is 0 Å². The molecule has 146 valence electrons. The van der Waals surface area contributed by atoms with E-state index < -0.39 is 15.4 Å². The third-order valence-corrected chi connectivity index (χ3v) is 9.48. The number of carbonyl (C=O) groups excluding carboxylic acids is 1. The van der Waals surface area contributed by atoms with Crippen LogP contribution in [0.5, 0.6) is 0 Å². The van der Waals surface area contributed by atoms with Gasteiger partial charge in [0.2, 0.25) is 0 Å². The van der Waals surface area contributed by atoms with Crippen LogP contribution in [0.1, 0.15) is 52.4 Å². The fourth-order valence-electron chi connectivity index (χ4n) is 6.00. The SMILES string of the molecule is C=C1CCCC2(C)CC3OC(=O)C(CNC4(C)CCS(=O)(=O)C4)C3CC12. The summed E-state index contributed by atoms with van der Waals surface area (Å²) in [6.45, 7) is 9.14. The van der Waals surface area contributed by atoms with E-state index in [-0.39, 0.29) is 40.8 Å². The van der Waals surface area contributed by atoms with Crippen molar-refractivity contribution in [3.8, 4) is 0 Å². The first-order valence-corrected chi connectivity index (χ1v) is 11.8. The topological polar surface area (TPSA) is 72.5 Å². The number of allylic oxidation sites excluding steroid dienone is 1. The second-order valence-corrected chi connectivity index (χ2v) is 11.9. The van der Waals surface area contributed by atoms with E-state index in [0.717, 1.165) is 19.3 Å². The first-order chi connectivity index (χ1) is 12.1. The lowest BCUT2D eigenvalue weighted by molar-refractivity contribution is -0.146. The van der Waals surface area contributed by atoms with Crippen LogP contribution in [0, 0.1) is 23.2 Å². The minimum absolute atomic E-state index is 0.0153. The molecule has 0 bridgehead atoms. The van der Waals surface area contributed by atoms with Crippen molar-refractivity contribution in [3.05, 3.63) is 12.2 Å². The quantitative estimate of drug-likeness (QED) is 0.601. The van der Waals surface area contributed by atoms with E-state index in [1.807, 2.05) is 6.92 Å². The minimum Gasteiger partial charge on any atom is -0.462 e. The van der Waals surface area contributed by atoms with Crippen LogP contribution in [0.15, 0.2) is 12.2 Å². The first kappa shape index (κ1) is 18.5. The van der Waals surface area contributed by atoms with Gasteiger partial charge in [-0.1, -0.05) is 19.1 Å². The van der Waals surface area contributed by atoms with Gasteiger partial charge in [0.25, 0.3) is 0 Å². The Morgan fingerprint density at radius 3 is 2.77 bits per heavy atom. The Morgan fingerprint density at radius 2 is 2.08 bits per heavy atom. The highest BCUT2D eigenvalue weighted by Crippen LogP contribution is 2.56. The van der Waals surface area contributed by atoms with Gasteiger partial charge in [-0.15, -0.1) is 0 Å². The maximum Gasteiger partial charge on any atom is 0.310 e. The zero-order valence-electron chi connectivity index (χ0n) is 15.9. The normalized spacial score (nSPS) is 47.3. The summed E-state index contributed by atoms with van der Waals surface area (Å²) in [6.07, 6.45) is 6.03. The summed E-state index contributed by atoms with van der Waals surface area (Å²) in [4.78, 5) is 12.6. The summed E-state index contributed by atoms with van der Waals surface area (Å²) in [6, 6.07) is 0. The van der Waals surface area contributed by atoms with Crippen LogP contribution < -0.4 is 5.32 Å². The Kier molecular flexibility index (Phi) is 4.31. The van der Waals surface area contributed by atoms with Crippen molar-refractivity contribution in [1.82, 2.24) is 5.32 Å². The van der Waals surface area contributed by atoms with Gasteiger partial charge in [0, 0.05) is 18.0 Å². The molecule has 26 heavy (non-hydrogen) atoms. The molecule has 4 rings (SSSR count). The lowest BCUT2D eigenvalue weighted by atomic mass is 9.55. The van der Waals surface area contributed by atoms with Gasteiger partial charge in [-0.2, -0.15) is 0 Å². The molecule has 1 N–H and O–H groups in total. The number of carbonyl (C=O) groups is 1. The molecule has 6 heteroatoms. The number of esters is 1. The van der Waals surface area contributed by atoms with Crippen LogP contribution in [-0.2, 0) is 19.4 Å². The van der Waals surface area contributed by atoms with Crippen LogP contribution in [0.3, 0.4) is 0 Å². The number of sulfone groups is 1. The van der Waals surface area contributed by atoms with Gasteiger partial charge >= 0.3 is 5.97 Å². The van der Waals surface area contributed by atoms with Crippen molar-refractivity contribution >= 4 is 15.8 Å². The van der Waals surface area contributed by atoms with Gasteiger partial charge in [0.05, 0.1) is 17.4 Å². The van der Waals surface area contributed by atoms with E-state index in [9.17, 15) is 13.2 Å². The summed E-state index contributed by atoms with van der Waals surface area (Å²) in [7, 11) is -2.96. The molecule has 4 fully saturated rings. The zero-order valence-corrected chi connectivity index (χ0v) is 16.7. The fourth-order valence-corrected chi connectivity index (χ4v) is 8.12. The molecule has 2 aliphatic carbocycles. The molecular formula is C20H31NO4S. The maximum absolute atomic E-state index is 12.6. The third-order valence-electron chi connectivity index (χ3n) is 7.57. The highest BCUT2D eigenvalue weighted by molar-refractivity contribution is 7.91. The van der Waals surface area contributed by atoms with Crippen LogP contribution in [0.25, 0.3) is 0 Å².